The van der Waals surface area contributed by atoms with Gasteiger partial charge in [-0.1, -0.05) is 132 Å². The molecule has 3 heteroatoms. The molecule has 0 radical (unpaired) electrons. The van der Waals surface area contributed by atoms with Crippen molar-refractivity contribution in [3.05, 3.63) is 71.8 Å². The average Bonchev–Trinajstić information content (AvgIpc) is 2.88. The summed E-state index contributed by atoms with van der Waals surface area (Å²) in [5, 5.41) is 0. The van der Waals surface area contributed by atoms with Crippen molar-refractivity contribution in [2.45, 2.75) is 116 Å². The van der Waals surface area contributed by atoms with Crippen molar-refractivity contribution in [3.8, 4) is 0 Å². The van der Waals surface area contributed by atoms with Crippen molar-refractivity contribution in [3.63, 3.8) is 0 Å². The molecule has 0 fully saturated rings. The minimum absolute atomic E-state index is 0.0806. The molecule has 0 N–H and O–H groups in total. The highest BCUT2D eigenvalue weighted by atomic mass is 16.5. The van der Waals surface area contributed by atoms with E-state index in [0.717, 1.165) is 19.4 Å². The van der Waals surface area contributed by atoms with Crippen molar-refractivity contribution in [2.24, 2.45) is 0 Å². The Kier molecular flexibility index (Phi) is 15.1. The molecule has 2 aromatic rings. The molecule has 35 heavy (non-hydrogen) atoms. The van der Waals surface area contributed by atoms with E-state index in [2.05, 4.69) is 79.4 Å². The summed E-state index contributed by atoms with van der Waals surface area (Å²) in [5.74, 6) is -0.0806. The van der Waals surface area contributed by atoms with Crippen LogP contribution in [-0.4, -0.2) is 23.5 Å². The monoisotopic (exact) mass is 479 g/mol. The van der Waals surface area contributed by atoms with Gasteiger partial charge in [0.2, 0.25) is 0 Å². The molecule has 2 aromatic carbocycles. The van der Waals surface area contributed by atoms with Gasteiger partial charge in [-0.25, -0.2) is 0 Å². The summed E-state index contributed by atoms with van der Waals surface area (Å²) in [5.41, 5.74) is 2.58. The van der Waals surface area contributed by atoms with Crippen LogP contribution in [0.2, 0.25) is 0 Å². The van der Waals surface area contributed by atoms with Crippen LogP contribution >= 0.6 is 0 Å². The van der Waals surface area contributed by atoms with Crippen LogP contribution in [0.15, 0.2) is 60.7 Å². The van der Waals surface area contributed by atoms with Crippen molar-refractivity contribution in [1.82, 2.24) is 4.90 Å². The van der Waals surface area contributed by atoms with Gasteiger partial charge >= 0.3 is 5.97 Å². The Morgan fingerprint density at radius 3 is 1.89 bits per heavy atom. The summed E-state index contributed by atoms with van der Waals surface area (Å²) in [7, 11) is 0. The lowest BCUT2D eigenvalue weighted by Crippen LogP contribution is -2.39. The molecule has 0 saturated heterocycles. The molecule has 0 bridgehead atoms. The first-order chi connectivity index (χ1) is 17.2. The van der Waals surface area contributed by atoms with Gasteiger partial charge in [-0.2, -0.15) is 0 Å². The maximum absolute atomic E-state index is 12.6. The molecule has 2 atom stereocenters. The highest BCUT2D eigenvalue weighted by molar-refractivity contribution is 5.70. The van der Waals surface area contributed by atoms with Gasteiger partial charge in [-0.05, 0) is 31.4 Å². The van der Waals surface area contributed by atoms with E-state index in [-0.39, 0.29) is 18.1 Å². The number of carbonyl (C=O) groups excluding carboxylic acids is 1. The lowest BCUT2D eigenvalue weighted by atomic mass is 9.97. The van der Waals surface area contributed by atoms with Crippen LogP contribution in [0.4, 0.5) is 0 Å². The number of esters is 1. The lowest BCUT2D eigenvalue weighted by Gasteiger charge is -2.37. The number of rotatable bonds is 19. The second kappa shape index (κ2) is 18.2. The Balaban J connectivity index is 2.01. The SMILES string of the molecule is CCCCCCCCCCCC[C@@H](CC(=O)OCC)N(Cc1ccccc1)[C@H](C)c1ccccc1. The van der Waals surface area contributed by atoms with E-state index in [1.54, 1.807) is 0 Å². The number of ether oxygens (including phenoxy) is 1. The van der Waals surface area contributed by atoms with E-state index in [0.29, 0.717) is 13.0 Å². The van der Waals surface area contributed by atoms with Gasteiger partial charge in [0.15, 0.2) is 0 Å². The lowest BCUT2D eigenvalue weighted by molar-refractivity contribution is -0.145. The number of benzene rings is 2. The Labute approximate surface area is 215 Å². The molecule has 0 unspecified atom stereocenters. The standard InChI is InChI=1S/C32H49NO2/c1-4-6-7-8-9-10-11-12-13-20-25-31(26-32(34)35-5-2)33(27-29-21-16-14-17-22-29)28(3)30-23-18-15-19-24-30/h14-19,21-24,28,31H,4-13,20,25-27H2,1-3H3/t28-,31+/m1/s1. The Hall–Kier alpha value is -2.13. The zero-order valence-electron chi connectivity index (χ0n) is 22.6. The van der Waals surface area contributed by atoms with Crippen LogP contribution in [-0.2, 0) is 16.1 Å². The van der Waals surface area contributed by atoms with Crippen LogP contribution in [0.1, 0.15) is 115 Å². The predicted molar refractivity (Wildman–Crippen MR) is 148 cm³/mol. The van der Waals surface area contributed by atoms with Crippen LogP contribution in [0, 0.1) is 0 Å². The van der Waals surface area contributed by atoms with Gasteiger partial charge in [0.25, 0.3) is 0 Å². The fourth-order valence-corrected chi connectivity index (χ4v) is 4.96. The first kappa shape index (κ1) is 29.1. The fourth-order valence-electron chi connectivity index (χ4n) is 4.96. The number of hydrogen-bond acceptors (Lipinski definition) is 3. The molecule has 3 nitrogen and oxygen atoms in total. The van der Waals surface area contributed by atoms with Gasteiger partial charge in [-0.15, -0.1) is 0 Å². The van der Waals surface area contributed by atoms with E-state index in [1.165, 1.54) is 68.9 Å². The molecule has 0 aliphatic heterocycles. The highest BCUT2D eigenvalue weighted by Crippen LogP contribution is 2.29. The summed E-state index contributed by atoms with van der Waals surface area (Å²) in [4.78, 5) is 15.1. The maximum atomic E-state index is 12.6. The Bertz CT molecular complexity index is 777. The van der Waals surface area contributed by atoms with Crippen LogP contribution in [0.25, 0.3) is 0 Å². The zero-order chi connectivity index (χ0) is 25.1. The molecule has 0 aromatic heterocycles. The molecule has 0 aliphatic carbocycles. The quantitative estimate of drug-likeness (QED) is 0.149. The molecule has 0 amide bonds. The van der Waals surface area contributed by atoms with Crippen LogP contribution in [0.5, 0.6) is 0 Å². The van der Waals surface area contributed by atoms with Gasteiger partial charge < -0.3 is 4.74 Å². The van der Waals surface area contributed by atoms with E-state index in [4.69, 9.17) is 4.74 Å². The molecule has 0 spiro atoms. The molecule has 2 rings (SSSR count). The Morgan fingerprint density at radius 2 is 1.31 bits per heavy atom. The molecular formula is C32H49NO2. The predicted octanol–water partition coefficient (Wildman–Crippen LogP) is 8.88. The van der Waals surface area contributed by atoms with E-state index in [1.807, 2.05) is 6.92 Å². The van der Waals surface area contributed by atoms with Gasteiger partial charge in [-0.3, -0.25) is 9.69 Å². The number of unbranched alkanes of at least 4 members (excludes halogenated alkanes) is 9. The third kappa shape index (κ3) is 11.9. The third-order valence-corrected chi connectivity index (χ3v) is 7.05. The summed E-state index contributed by atoms with van der Waals surface area (Å²) in [6, 6.07) is 21.7. The zero-order valence-corrected chi connectivity index (χ0v) is 22.6. The number of hydrogen-bond donors (Lipinski definition) is 0. The molecule has 0 heterocycles. The van der Waals surface area contributed by atoms with Crippen LogP contribution < -0.4 is 0 Å². The molecular weight excluding hydrogens is 430 g/mol. The second-order valence-electron chi connectivity index (χ2n) is 9.88. The van der Waals surface area contributed by atoms with Crippen LogP contribution in [0.3, 0.4) is 0 Å². The van der Waals surface area contributed by atoms with Crippen molar-refractivity contribution in [1.29, 1.82) is 0 Å². The molecule has 0 aliphatic rings. The largest absolute Gasteiger partial charge is 0.466 e. The average molecular weight is 480 g/mol. The number of carbonyl (C=O) groups is 1. The van der Waals surface area contributed by atoms with E-state index in [9.17, 15) is 4.79 Å². The number of nitrogens with zero attached hydrogens (tertiary/aromatic N) is 1. The van der Waals surface area contributed by atoms with Gasteiger partial charge in [0.1, 0.15) is 0 Å². The summed E-state index contributed by atoms with van der Waals surface area (Å²) >= 11 is 0. The second-order valence-corrected chi connectivity index (χ2v) is 9.88. The topological polar surface area (TPSA) is 29.5 Å². The summed E-state index contributed by atoms with van der Waals surface area (Å²) in [6.07, 6.45) is 14.7. The summed E-state index contributed by atoms with van der Waals surface area (Å²) in [6.45, 7) is 7.71. The first-order valence-electron chi connectivity index (χ1n) is 14.2. The normalized spacial score (nSPS) is 13.0. The third-order valence-electron chi connectivity index (χ3n) is 7.05. The van der Waals surface area contributed by atoms with E-state index >= 15 is 0 Å². The first-order valence-corrected chi connectivity index (χ1v) is 14.2. The molecule has 194 valence electrons. The summed E-state index contributed by atoms with van der Waals surface area (Å²) < 4.78 is 5.39. The minimum Gasteiger partial charge on any atom is -0.466 e. The van der Waals surface area contributed by atoms with Crippen molar-refractivity contribution in [2.75, 3.05) is 6.61 Å². The van der Waals surface area contributed by atoms with Gasteiger partial charge in [0, 0.05) is 18.6 Å². The minimum atomic E-state index is -0.0806. The van der Waals surface area contributed by atoms with Crippen molar-refractivity contribution < 1.29 is 9.53 Å². The highest BCUT2D eigenvalue weighted by Gasteiger charge is 2.27. The van der Waals surface area contributed by atoms with E-state index < -0.39 is 0 Å². The smallest absolute Gasteiger partial charge is 0.307 e. The van der Waals surface area contributed by atoms with Gasteiger partial charge in [0.05, 0.1) is 13.0 Å². The Morgan fingerprint density at radius 1 is 0.771 bits per heavy atom. The molecule has 0 saturated carbocycles. The van der Waals surface area contributed by atoms with Crippen molar-refractivity contribution >= 4 is 5.97 Å². The fraction of sp³-hybridized carbons (Fsp3) is 0.594. The maximum Gasteiger partial charge on any atom is 0.307 e.